The van der Waals surface area contributed by atoms with E-state index in [1.165, 1.54) is 174 Å². The van der Waals surface area contributed by atoms with E-state index in [-0.39, 0.29) is 5.75 Å². The molecule has 0 fully saturated rings. The van der Waals surface area contributed by atoms with Crippen molar-refractivity contribution in [2.45, 2.75) is 166 Å². The van der Waals surface area contributed by atoms with E-state index in [2.05, 4.69) is 317 Å². The van der Waals surface area contributed by atoms with Crippen molar-refractivity contribution in [3.05, 3.63) is 335 Å². The maximum absolute atomic E-state index is 12.0. The first-order valence-corrected chi connectivity index (χ1v) is 41.8. The molecule has 0 heterocycles. The van der Waals surface area contributed by atoms with Gasteiger partial charge in [0, 0.05) is 38.0 Å². The molecule has 2 N–H and O–H groups in total. The van der Waals surface area contributed by atoms with Crippen molar-refractivity contribution >= 4 is 95.6 Å². The summed E-state index contributed by atoms with van der Waals surface area (Å²) in [4.78, 5) is 0. The summed E-state index contributed by atoms with van der Waals surface area (Å²) >= 11 is 22.2. The normalized spacial score (nSPS) is 13.5. The highest BCUT2D eigenvalue weighted by molar-refractivity contribution is 9.11. The van der Waals surface area contributed by atoms with Gasteiger partial charge in [-0.05, 0) is 242 Å². The van der Waals surface area contributed by atoms with Crippen LogP contribution in [0.3, 0.4) is 0 Å². The SMILES string of the molecule is CCCCCCOc1ccc(C2(c3ccc(CCCCCC)cc3)c3cc(Br)ccc3-c3ccc(Br)cc32)cc1.CCCCCCc1ccc(C2(O)c3cc(Br)ccc3-c3ccc(Br)cc32)cc1.CCCCCCc1ccc(C2(c3ccc(O)cc3)c3cc(Br)ccc3-c3ccc(Br)cc32)cc1. The number of benzene rings is 11. The van der Waals surface area contributed by atoms with Gasteiger partial charge in [0.05, 0.1) is 17.4 Å². The first-order valence-electron chi connectivity index (χ1n) is 37.0. The molecule has 3 aliphatic rings. The Morgan fingerprint density at radius 2 is 0.529 bits per heavy atom. The van der Waals surface area contributed by atoms with Crippen LogP contribution in [0.25, 0.3) is 33.4 Å². The van der Waals surface area contributed by atoms with Crippen molar-refractivity contribution in [1.82, 2.24) is 0 Å². The smallest absolute Gasteiger partial charge is 0.141 e. The highest BCUT2D eigenvalue weighted by Crippen LogP contribution is 2.60. The number of aryl methyl sites for hydroxylation is 3. The second-order valence-corrected chi connectivity index (χ2v) is 33.3. The number of hydrogen-bond donors (Lipinski definition) is 2. The Balaban J connectivity index is 0.000000147. The molecular formula is C93H92Br6O3. The molecule has 14 rings (SSSR count). The predicted molar refractivity (Wildman–Crippen MR) is 449 cm³/mol. The summed E-state index contributed by atoms with van der Waals surface area (Å²) in [5.74, 6) is 1.23. The summed E-state index contributed by atoms with van der Waals surface area (Å²) < 4.78 is 12.4. The minimum atomic E-state index is -1.14. The van der Waals surface area contributed by atoms with Gasteiger partial charge in [-0.2, -0.15) is 0 Å². The number of aromatic hydroxyl groups is 1. The molecule has 0 amide bonds. The Hall–Kier alpha value is -6.14. The monoisotopic (exact) mass is 1730 g/mol. The molecule has 102 heavy (non-hydrogen) atoms. The van der Waals surface area contributed by atoms with E-state index in [0.717, 1.165) is 98.3 Å². The van der Waals surface area contributed by atoms with Crippen molar-refractivity contribution in [2.24, 2.45) is 0 Å². The molecule has 524 valence electrons. The number of fused-ring (bicyclic) bond motifs is 9. The summed E-state index contributed by atoms with van der Waals surface area (Å²) in [6, 6.07) is 82.8. The molecule has 11 aromatic rings. The van der Waals surface area contributed by atoms with Crippen molar-refractivity contribution in [3.63, 3.8) is 0 Å². The summed E-state index contributed by atoms with van der Waals surface area (Å²) in [6.45, 7) is 9.78. The number of rotatable bonds is 26. The molecule has 0 saturated carbocycles. The van der Waals surface area contributed by atoms with Gasteiger partial charge in [0.15, 0.2) is 0 Å². The van der Waals surface area contributed by atoms with Crippen molar-refractivity contribution in [1.29, 1.82) is 0 Å². The van der Waals surface area contributed by atoms with Crippen LogP contribution in [0.2, 0.25) is 0 Å². The molecule has 0 aromatic heterocycles. The molecule has 0 unspecified atom stereocenters. The third-order valence-corrected chi connectivity index (χ3v) is 24.1. The topological polar surface area (TPSA) is 49.7 Å². The van der Waals surface area contributed by atoms with Crippen LogP contribution in [-0.4, -0.2) is 16.8 Å². The van der Waals surface area contributed by atoms with Gasteiger partial charge in [-0.25, -0.2) is 0 Å². The fourth-order valence-corrected chi connectivity index (χ4v) is 18.1. The van der Waals surface area contributed by atoms with Crippen molar-refractivity contribution < 1.29 is 14.9 Å². The number of unbranched alkanes of at least 4 members (excludes halogenated alkanes) is 12. The van der Waals surface area contributed by atoms with E-state index >= 15 is 0 Å². The van der Waals surface area contributed by atoms with Gasteiger partial charge >= 0.3 is 0 Å². The van der Waals surface area contributed by atoms with Gasteiger partial charge in [-0.15, -0.1) is 0 Å². The Morgan fingerprint density at radius 3 is 0.833 bits per heavy atom. The van der Waals surface area contributed by atoms with Crippen LogP contribution in [0.5, 0.6) is 11.5 Å². The predicted octanol–water partition coefficient (Wildman–Crippen LogP) is 28.7. The van der Waals surface area contributed by atoms with E-state index in [4.69, 9.17) is 4.74 Å². The van der Waals surface area contributed by atoms with Crippen LogP contribution in [0.1, 0.15) is 208 Å². The van der Waals surface area contributed by atoms with Crippen LogP contribution in [0.15, 0.2) is 257 Å². The van der Waals surface area contributed by atoms with Crippen molar-refractivity contribution in [2.75, 3.05) is 6.61 Å². The largest absolute Gasteiger partial charge is 0.508 e. The van der Waals surface area contributed by atoms with Crippen molar-refractivity contribution in [3.8, 4) is 44.9 Å². The highest BCUT2D eigenvalue weighted by Gasteiger charge is 2.49. The number of hydrogen-bond acceptors (Lipinski definition) is 3. The first kappa shape index (κ1) is 75.5. The third kappa shape index (κ3) is 16.0. The Bertz CT molecular complexity index is 4480. The summed E-state index contributed by atoms with van der Waals surface area (Å²) in [5.41, 5.74) is 22.3. The molecule has 9 heteroatoms. The lowest BCUT2D eigenvalue weighted by Crippen LogP contribution is -2.28. The highest BCUT2D eigenvalue weighted by atomic mass is 79.9. The molecule has 0 spiro atoms. The lowest BCUT2D eigenvalue weighted by Gasteiger charge is -2.34. The maximum Gasteiger partial charge on any atom is 0.141 e. The quantitative estimate of drug-likeness (QED) is 0.0531. The summed E-state index contributed by atoms with van der Waals surface area (Å²) in [5, 5.41) is 22.1. The number of phenolic OH excluding ortho intramolecular Hbond substituents is 1. The Kier molecular flexibility index (Phi) is 25.8. The molecule has 3 aliphatic carbocycles. The zero-order valence-corrected chi connectivity index (χ0v) is 68.7. The molecule has 0 saturated heterocycles. The molecular weight excluding hydrogens is 1640 g/mol. The van der Waals surface area contributed by atoms with Gasteiger partial charge in [0.25, 0.3) is 0 Å². The Labute approximate surface area is 657 Å². The minimum Gasteiger partial charge on any atom is -0.508 e. The lowest BCUT2D eigenvalue weighted by molar-refractivity contribution is 0.130. The van der Waals surface area contributed by atoms with Crippen LogP contribution in [-0.2, 0) is 35.7 Å². The Morgan fingerprint density at radius 1 is 0.275 bits per heavy atom. The van der Waals surface area contributed by atoms with Crippen LogP contribution < -0.4 is 4.74 Å². The third-order valence-electron chi connectivity index (χ3n) is 21.1. The van der Waals surface area contributed by atoms with E-state index in [1.54, 1.807) is 12.1 Å². The average molecular weight is 1740 g/mol. The van der Waals surface area contributed by atoms with Gasteiger partial charge in [-0.1, -0.05) is 334 Å². The van der Waals surface area contributed by atoms with Crippen LogP contribution >= 0.6 is 95.6 Å². The number of aliphatic hydroxyl groups is 1. The fraction of sp³-hybridized carbons (Fsp3) is 0.290. The van der Waals surface area contributed by atoms with Crippen LogP contribution in [0, 0.1) is 0 Å². The molecule has 11 aromatic carbocycles. The van der Waals surface area contributed by atoms with Gasteiger partial charge in [0.1, 0.15) is 17.1 Å². The maximum atomic E-state index is 12.0. The summed E-state index contributed by atoms with van der Waals surface area (Å²) in [7, 11) is 0. The zero-order valence-electron chi connectivity index (χ0n) is 59.2. The van der Waals surface area contributed by atoms with Gasteiger partial charge in [0.2, 0.25) is 0 Å². The summed E-state index contributed by atoms with van der Waals surface area (Å²) in [6.07, 6.45) is 23.5. The second kappa shape index (κ2) is 34.8. The van der Waals surface area contributed by atoms with E-state index in [0.29, 0.717) is 0 Å². The van der Waals surface area contributed by atoms with E-state index in [9.17, 15) is 10.2 Å². The molecule has 0 bridgehead atoms. The number of ether oxygens (including phenoxy) is 1. The zero-order chi connectivity index (χ0) is 71.4. The van der Waals surface area contributed by atoms with Crippen LogP contribution in [0.4, 0.5) is 0 Å². The second-order valence-electron chi connectivity index (χ2n) is 27.9. The standard InChI is InChI=1S/C37H40Br2O.C31H28Br2O.C25H24Br2O/c1-3-5-7-9-11-27-12-14-28(15-13-27)37(29-16-20-32(21-17-29)40-24-10-8-6-4-2)35-25-30(38)18-22-33(35)34-23-19-31(39)26-36(34)37;1-2-3-4-5-6-21-7-9-22(10-8-21)31(23-11-15-26(34)16-12-23)29-19-24(32)13-17-27(29)28-18-14-25(33)20-30(28)31;1-2-3-4-5-6-17-7-9-18(10-8-17)25(28)23-15-19(26)11-13-21(23)22-14-12-20(27)16-24(22)25/h12-23,25-26H,3-11,24H2,1-2H3;7-20,34H,2-6H2,1H3;7-16,28H,2-6H2,1H3. The van der Waals surface area contributed by atoms with E-state index < -0.39 is 16.4 Å². The molecule has 0 radical (unpaired) electrons. The van der Waals surface area contributed by atoms with Gasteiger partial charge in [-0.3, -0.25) is 0 Å². The molecule has 0 atom stereocenters. The number of phenols is 1. The van der Waals surface area contributed by atoms with Gasteiger partial charge < -0.3 is 14.9 Å². The number of halogens is 6. The van der Waals surface area contributed by atoms with E-state index in [1.807, 2.05) is 24.3 Å². The first-order chi connectivity index (χ1) is 49.6. The average Bonchev–Trinajstić information content (AvgIpc) is 1.54. The fourth-order valence-electron chi connectivity index (χ4n) is 15.9. The minimum absolute atomic E-state index is 0.281. The lowest BCUT2D eigenvalue weighted by atomic mass is 9.67. The molecule has 0 aliphatic heterocycles. The molecule has 3 nitrogen and oxygen atoms in total.